The van der Waals surface area contributed by atoms with Crippen LogP contribution in [0.25, 0.3) is 0 Å². The molecule has 0 bridgehead atoms. The summed E-state index contributed by atoms with van der Waals surface area (Å²) >= 11 is 0. The van der Waals surface area contributed by atoms with Crippen LogP contribution < -0.4 is 0 Å². The maximum absolute atomic E-state index is 13.1. The normalized spacial score (nSPS) is 24.5. The Hall–Kier alpha value is -2.28. The summed E-state index contributed by atoms with van der Waals surface area (Å²) in [6.45, 7) is 2.57. The third-order valence-corrected chi connectivity index (χ3v) is 14.6. The molecule has 15 heteroatoms. The second kappa shape index (κ2) is 47.5. The quantitative estimate of drug-likeness (QED) is 0.0171. The molecule has 444 valence electrons. The van der Waals surface area contributed by atoms with Crippen molar-refractivity contribution in [1.82, 2.24) is 0 Å². The number of rotatable bonds is 49. The van der Waals surface area contributed by atoms with Gasteiger partial charge in [-0.25, -0.2) is 0 Å². The van der Waals surface area contributed by atoms with E-state index in [0.29, 0.717) is 12.8 Å². The number of carbonyl (C=O) groups is 2. The van der Waals surface area contributed by atoms with E-state index in [9.17, 15) is 45.3 Å². The summed E-state index contributed by atoms with van der Waals surface area (Å²) < 4.78 is 33.7. The standard InChI is InChI=1S/C61H110O15/c1-3-5-7-9-11-13-15-17-19-21-22-23-24-25-26-28-29-31-33-35-37-39-41-43-52(63)71-46-49(74-53(64)44-42-40-38-36-34-32-30-27-20-18-16-14-12-10-8-6-4-2)47-72-60-59(70)57(68)55(66)51(76-60)48-73-61-58(69)56(67)54(65)50(45-62)75-61/h12,14,18,20,35,37,49-51,54-62,65-70H,3-11,13,15-17,19,21-34,36,38-48H2,1-2H3/b14-12+,20-18+,37-35+/t49-,50+,51+,54-,55-,56?,57?,58?,59?,60+,61+/m0/s1. The number of esters is 2. The molecule has 0 saturated carbocycles. The van der Waals surface area contributed by atoms with Crippen LogP contribution in [0.1, 0.15) is 245 Å². The van der Waals surface area contributed by atoms with Gasteiger partial charge < -0.3 is 64.2 Å². The molecule has 2 aliphatic rings. The highest BCUT2D eigenvalue weighted by Gasteiger charge is 2.47. The minimum Gasteiger partial charge on any atom is -0.462 e. The number of hydrogen-bond donors (Lipinski definition) is 7. The second-order valence-electron chi connectivity index (χ2n) is 21.5. The smallest absolute Gasteiger partial charge is 0.306 e. The Morgan fingerprint density at radius 2 is 0.803 bits per heavy atom. The monoisotopic (exact) mass is 1080 g/mol. The first-order valence-corrected chi connectivity index (χ1v) is 30.6. The first-order valence-electron chi connectivity index (χ1n) is 30.6. The van der Waals surface area contributed by atoms with Gasteiger partial charge in [0.2, 0.25) is 0 Å². The van der Waals surface area contributed by atoms with Gasteiger partial charge in [0.25, 0.3) is 0 Å². The van der Waals surface area contributed by atoms with Gasteiger partial charge in [-0.05, 0) is 64.2 Å². The fourth-order valence-electron chi connectivity index (χ4n) is 9.61. The van der Waals surface area contributed by atoms with Crippen molar-refractivity contribution in [1.29, 1.82) is 0 Å². The zero-order valence-corrected chi connectivity index (χ0v) is 47.5. The lowest BCUT2D eigenvalue weighted by molar-refractivity contribution is -0.332. The van der Waals surface area contributed by atoms with Gasteiger partial charge in [-0.2, -0.15) is 0 Å². The van der Waals surface area contributed by atoms with Crippen LogP contribution >= 0.6 is 0 Å². The van der Waals surface area contributed by atoms with E-state index in [2.05, 4.69) is 50.3 Å². The molecule has 11 atom stereocenters. The highest BCUT2D eigenvalue weighted by Crippen LogP contribution is 2.27. The lowest BCUT2D eigenvalue weighted by Gasteiger charge is -2.42. The highest BCUT2D eigenvalue weighted by atomic mass is 16.7. The number of allylic oxidation sites excluding steroid dienone is 6. The third kappa shape index (κ3) is 34.0. The van der Waals surface area contributed by atoms with Crippen molar-refractivity contribution in [3.8, 4) is 0 Å². The number of aliphatic hydroxyl groups excluding tert-OH is 7. The maximum atomic E-state index is 13.1. The molecule has 2 saturated heterocycles. The van der Waals surface area contributed by atoms with Crippen molar-refractivity contribution in [2.45, 2.75) is 313 Å². The van der Waals surface area contributed by atoms with E-state index in [1.807, 2.05) is 0 Å². The average Bonchev–Trinajstić information content (AvgIpc) is 3.41. The molecule has 0 aromatic rings. The largest absolute Gasteiger partial charge is 0.462 e. The molecule has 4 unspecified atom stereocenters. The van der Waals surface area contributed by atoms with E-state index < -0.39 is 99.3 Å². The molecule has 76 heavy (non-hydrogen) atoms. The van der Waals surface area contributed by atoms with Gasteiger partial charge in [0.15, 0.2) is 18.7 Å². The average molecular weight is 1080 g/mol. The summed E-state index contributed by atoms with van der Waals surface area (Å²) in [4.78, 5) is 25.9. The van der Waals surface area contributed by atoms with Crippen LogP contribution in [0.5, 0.6) is 0 Å². The number of aliphatic hydroxyl groups is 7. The molecule has 7 N–H and O–H groups in total. The van der Waals surface area contributed by atoms with E-state index in [-0.39, 0.29) is 19.4 Å². The van der Waals surface area contributed by atoms with Crippen molar-refractivity contribution in [2.75, 3.05) is 26.4 Å². The number of hydrogen-bond acceptors (Lipinski definition) is 15. The summed E-state index contributed by atoms with van der Waals surface area (Å²) in [5.74, 6) is -0.962. The lowest BCUT2D eigenvalue weighted by atomic mass is 9.98. The highest BCUT2D eigenvalue weighted by molar-refractivity contribution is 5.70. The summed E-state index contributed by atoms with van der Waals surface area (Å²) in [5.41, 5.74) is 0. The first kappa shape index (κ1) is 69.8. The molecule has 0 amide bonds. The Morgan fingerprint density at radius 1 is 0.421 bits per heavy atom. The van der Waals surface area contributed by atoms with Crippen LogP contribution in [-0.4, -0.2) is 142 Å². The molecule has 0 aromatic heterocycles. The van der Waals surface area contributed by atoms with E-state index >= 15 is 0 Å². The van der Waals surface area contributed by atoms with Crippen LogP contribution in [0.2, 0.25) is 0 Å². The molecular weight excluding hydrogens is 973 g/mol. The Kier molecular flexibility index (Phi) is 43.7. The molecular formula is C61H110O15. The molecule has 2 rings (SSSR count). The number of ether oxygens (including phenoxy) is 6. The summed E-state index contributed by atoms with van der Waals surface area (Å²) in [5, 5.41) is 72.3. The van der Waals surface area contributed by atoms with E-state index in [1.165, 1.54) is 128 Å². The van der Waals surface area contributed by atoms with E-state index in [1.54, 1.807) is 0 Å². The minimum atomic E-state index is -1.77. The van der Waals surface area contributed by atoms with Crippen molar-refractivity contribution in [2.24, 2.45) is 0 Å². The van der Waals surface area contributed by atoms with Gasteiger partial charge in [0.1, 0.15) is 55.4 Å². The van der Waals surface area contributed by atoms with Crippen molar-refractivity contribution < 1.29 is 73.8 Å². The topological polar surface area (TPSA) is 231 Å². The fourth-order valence-corrected chi connectivity index (χ4v) is 9.61. The first-order chi connectivity index (χ1) is 37.0. The van der Waals surface area contributed by atoms with Crippen LogP contribution in [0, 0.1) is 0 Å². The molecule has 2 fully saturated rings. The van der Waals surface area contributed by atoms with Gasteiger partial charge in [-0.3, -0.25) is 9.59 Å². The maximum Gasteiger partial charge on any atom is 0.306 e. The van der Waals surface area contributed by atoms with Crippen LogP contribution in [0.3, 0.4) is 0 Å². The Balaban J connectivity index is 1.73. The molecule has 0 radical (unpaired) electrons. The van der Waals surface area contributed by atoms with Crippen molar-refractivity contribution in [3.63, 3.8) is 0 Å². The predicted octanol–water partition coefficient (Wildman–Crippen LogP) is 10.8. The van der Waals surface area contributed by atoms with Gasteiger partial charge in [0, 0.05) is 12.8 Å². The van der Waals surface area contributed by atoms with Gasteiger partial charge in [-0.1, -0.05) is 204 Å². The summed E-state index contributed by atoms with van der Waals surface area (Å²) in [6.07, 6.45) is 37.5. The summed E-state index contributed by atoms with van der Waals surface area (Å²) in [7, 11) is 0. The SMILES string of the molecule is CCCCC/C=C/C/C=C/CCCCCCCCCC(=O)O[C@@H](COC(=O)CCC/C=C/CCCCCCCCCCCCCCCCCCCC)CO[C@@H]1O[C@H](CO[C@@H]2O[C@H](CO)[C@H](O)C(O)C2O)[C@H](O)C(O)C1O. The molecule has 0 spiro atoms. The van der Waals surface area contributed by atoms with Crippen molar-refractivity contribution >= 4 is 11.9 Å². The Bertz CT molecular complexity index is 1460. The lowest BCUT2D eigenvalue weighted by Crippen LogP contribution is -2.61. The predicted molar refractivity (Wildman–Crippen MR) is 298 cm³/mol. The van der Waals surface area contributed by atoms with E-state index in [4.69, 9.17) is 28.4 Å². The number of carbonyl (C=O) groups excluding carboxylic acids is 2. The third-order valence-electron chi connectivity index (χ3n) is 14.6. The minimum absolute atomic E-state index is 0.152. The zero-order valence-electron chi connectivity index (χ0n) is 47.5. The molecule has 0 aliphatic carbocycles. The van der Waals surface area contributed by atoms with E-state index in [0.717, 1.165) is 77.0 Å². The second-order valence-corrected chi connectivity index (χ2v) is 21.5. The molecule has 0 aromatic carbocycles. The van der Waals surface area contributed by atoms with Gasteiger partial charge in [0.05, 0.1) is 19.8 Å². The molecule has 2 heterocycles. The van der Waals surface area contributed by atoms with Crippen molar-refractivity contribution in [3.05, 3.63) is 36.5 Å². The molecule has 2 aliphatic heterocycles. The zero-order chi connectivity index (χ0) is 55.3. The molecule has 15 nitrogen and oxygen atoms in total. The Morgan fingerprint density at radius 3 is 1.30 bits per heavy atom. The number of unbranched alkanes of at least 4 members (excludes halogenated alkanes) is 29. The van der Waals surface area contributed by atoms with Crippen LogP contribution in [0.4, 0.5) is 0 Å². The Labute approximate surface area is 459 Å². The van der Waals surface area contributed by atoms with Crippen LogP contribution in [-0.2, 0) is 38.0 Å². The fraction of sp³-hybridized carbons (Fsp3) is 0.869. The summed E-state index contributed by atoms with van der Waals surface area (Å²) in [6, 6.07) is 0. The van der Waals surface area contributed by atoms with Gasteiger partial charge in [-0.15, -0.1) is 0 Å². The van der Waals surface area contributed by atoms with Crippen LogP contribution in [0.15, 0.2) is 36.5 Å². The van der Waals surface area contributed by atoms with Gasteiger partial charge >= 0.3 is 11.9 Å².